The van der Waals surface area contributed by atoms with Gasteiger partial charge in [0.25, 0.3) is 0 Å². The van der Waals surface area contributed by atoms with E-state index in [1.54, 1.807) is 0 Å². The van der Waals surface area contributed by atoms with Crippen molar-refractivity contribution in [2.24, 2.45) is 11.7 Å². The summed E-state index contributed by atoms with van der Waals surface area (Å²) in [4.78, 5) is 0.998. The Morgan fingerprint density at radius 2 is 2.00 bits per heavy atom. The Kier molecular flexibility index (Phi) is 4.35. The minimum absolute atomic E-state index is 0.259. The second-order valence-corrected chi connectivity index (χ2v) is 6.52. The molecule has 1 fully saturated rings. The van der Waals surface area contributed by atoms with Crippen molar-refractivity contribution in [2.45, 2.75) is 42.8 Å². The van der Waals surface area contributed by atoms with Crippen LogP contribution < -0.4 is 5.73 Å². The highest BCUT2D eigenvalue weighted by molar-refractivity contribution is 7.85. The standard InChI is InChI=1S/C14H21NOS/c1-11-6-2-4-8-13(11)17(16)14-9-5-3-7-12(14)10-15/h2,4,6,8,12,14H,3,5,7,9-10,15H2,1H3. The largest absolute Gasteiger partial charge is 0.330 e. The molecule has 3 atom stereocenters. The van der Waals surface area contributed by atoms with E-state index >= 15 is 0 Å². The lowest BCUT2D eigenvalue weighted by molar-refractivity contribution is 0.372. The van der Waals surface area contributed by atoms with Gasteiger partial charge in [-0.1, -0.05) is 31.0 Å². The molecule has 3 unspecified atom stereocenters. The number of aryl methyl sites for hydroxylation is 1. The fourth-order valence-electron chi connectivity index (χ4n) is 2.67. The third-order valence-electron chi connectivity index (χ3n) is 3.73. The van der Waals surface area contributed by atoms with Gasteiger partial charge in [0.15, 0.2) is 0 Å². The Morgan fingerprint density at radius 1 is 1.29 bits per heavy atom. The first-order chi connectivity index (χ1) is 8.24. The number of benzene rings is 1. The van der Waals surface area contributed by atoms with E-state index in [2.05, 4.69) is 0 Å². The van der Waals surface area contributed by atoms with Crippen LogP contribution in [-0.4, -0.2) is 16.0 Å². The molecule has 0 saturated heterocycles. The molecule has 1 aliphatic carbocycles. The van der Waals surface area contributed by atoms with E-state index in [0.29, 0.717) is 12.5 Å². The molecule has 17 heavy (non-hydrogen) atoms. The van der Waals surface area contributed by atoms with Gasteiger partial charge < -0.3 is 5.73 Å². The third-order valence-corrected chi connectivity index (χ3v) is 5.79. The highest BCUT2D eigenvalue weighted by Crippen LogP contribution is 2.31. The fourth-order valence-corrected chi connectivity index (χ4v) is 4.57. The average Bonchev–Trinajstić information content (AvgIpc) is 2.38. The number of nitrogens with two attached hydrogens (primary N) is 1. The highest BCUT2D eigenvalue weighted by atomic mass is 32.2. The first-order valence-corrected chi connectivity index (χ1v) is 7.61. The molecule has 1 aromatic rings. The topological polar surface area (TPSA) is 43.1 Å². The summed E-state index contributed by atoms with van der Waals surface area (Å²) in [5, 5.41) is 0.259. The quantitative estimate of drug-likeness (QED) is 0.897. The lowest BCUT2D eigenvalue weighted by atomic mass is 9.89. The van der Waals surface area contributed by atoms with Crippen LogP contribution in [-0.2, 0) is 10.8 Å². The Hall–Kier alpha value is -0.670. The zero-order valence-corrected chi connectivity index (χ0v) is 11.2. The highest BCUT2D eigenvalue weighted by Gasteiger charge is 2.30. The average molecular weight is 251 g/mol. The van der Waals surface area contributed by atoms with Crippen molar-refractivity contribution in [1.29, 1.82) is 0 Å². The molecule has 3 heteroatoms. The van der Waals surface area contributed by atoms with Gasteiger partial charge in [0.2, 0.25) is 0 Å². The SMILES string of the molecule is Cc1ccccc1S(=O)C1CCCCC1CN. The van der Waals surface area contributed by atoms with E-state index < -0.39 is 10.8 Å². The van der Waals surface area contributed by atoms with Gasteiger partial charge in [-0.15, -0.1) is 0 Å². The van der Waals surface area contributed by atoms with Crippen LogP contribution in [0.3, 0.4) is 0 Å². The molecule has 0 bridgehead atoms. The van der Waals surface area contributed by atoms with E-state index in [9.17, 15) is 4.21 Å². The van der Waals surface area contributed by atoms with Gasteiger partial charge in [0.1, 0.15) is 0 Å². The van der Waals surface area contributed by atoms with Gasteiger partial charge in [-0.2, -0.15) is 0 Å². The smallest absolute Gasteiger partial charge is 0.0566 e. The third kappa shape index (κ3) is 2.78. The molecule has 2 N–H and O–H groups in total. The van der Waals surface area contributed by atoms with Crippen molar-refractivity contribution >= 4 is 10.8 Å². The molecule has 0 amide bonds. The molecular formula is C14H21NOS. The van der Waals surface area contributed by atoms with E-state index in [4.69, 9.17) is 5.73 Å². The van der Waals surface area contributed by atoms with Gasteiger partial charge in [-0.25, -0.2) is 0 Å². The Balaban J connectivity index is 2.21. The Morgan fingerprint density at radius 3 is 2.71 bits per heavy atom. The van der Waals surface area contributed by atoms with Gasteiger partial charge in [-0.05, 0) is 43.9 Å². The van der Waals surface area contributed by atoms with Gasteiger partial charge in [-0.3, -0.25) is 4.21 Å². The minimum atomic E-state index is -0.891. The molecule has 0 aromatic heterocycles. The zero-order chi connectivity index (χ0) is 12.3. The molecule has 0 spiro atoms. The second kappa shape index (κ2) is 5.78. The van der Waals surface area contributed by atoms with E-state index in [0.717, 1.165) is 23.3 Å². The first kappa shape index (κ1) is 12.8. The van der Waals surface area contributed by atoms with Crippen molar-refractivity contribution < 1.29 is 4.21 Å². The summed E-state index contributed by atoms with van der Waals surface area (Å²) in [6, 6.07) is 8.00. The van der Waals surface area contributed by atoms with Crippen LogP contribution in [0.25, 0.3) is 0 Å². The zero-order valence-electron chi connectivity index (χ0n) is 10.4. The summed E-state index contributed by atoms with van der Waals surface area (Å²) in [6.07, 6.45) is 4.63. The van der Waals surface area contributed by atoms with Crippen LogP contribution in [0.5, 0.6) is 0 Å². The molecule has 2 rings (SSSR count). The van der Waals surface area contributed by atoms with E-state index in [-0.39, 0.29) is 5.25 Å². The molecule has 1 aliphatic rings. The van der Waals surface area contributed by atoms with Gasteiger partial charge in [0.05, 0.1) is 10.8 Å². The van der Waals surface area contributed by atoms with Crippen molar-refractivity contribution in [3.63, 3.8) is 0 Å². The summed E-state index contributed by atoms with van der Waals surface area (Å²) < 4.78 is 12.6. The Bertz CT molecular complexity index is 405. The molecule has 1 saturated carbocycles. The van der Waals surface area contributed by atoms with Gasteiger partial charge >= 0.3 is 0 Å². The predicted molar refractivity (Wildman–Crippen MR) is 72.4 cm³/mol. The van der Waals surface area contributed by atoms with Crippen LogP contribution >= 0.6 is 0 Å². The van der Waals surface area contributed by atoms with Crippen molar-refractivity contribution in [3.05, 3.63) is 29.8 Å². The predicted octanol–water partition coefficient (Wildman–Crippen LogP) is 2.62. The van der Waals surface area contributed by atoms with Crippen LogP contribution in [0, 0.1) is 12.8 Å². The first-order valence-electron chi connectivity index (χ1n) is 6.40. The Labute approximate surface area is 106 Å². The summed E-state index contributed by atoms with van der Waals surface area (Å²) in [6.45, 7) is 2.70. The molecule has 0 radical (unpaired) electrons. The molecule has 0 heterocycles. The fraction of sp³-hybridized carbons (Fsp3) is 0.571. The second-order valence-electron chi connectivity index (χ2n) is 4.88. The van der Waals surface area contributed by atoms with E-state index in [1.807, 2.05) is 31.2 Å². The summed E-state index contributed by atoms with van der Waals surface area (Å²) >= 11 is 0. The maximum Gasteiger partial charge on any atom is 0.0566 e. The maximum absolute atomic E-state index is 12.6. The molecule has 1 aromatic carbocycles. The summed E-state index contributed by atoms with van der Waals surface area (Å²) in [5.74, 6) is 0.434. The maximum atomic E-state index is 12.6. The normalized spacial score (nSPS) is 26.7. The molecule has 0 aliphatic heterocycles. The van der Waals surface area contributed by atoms with Gasteiger partial charge in [0, 0.05) is 10.1 Å². The van der Waals surface area contributed by atoms with Crippen LogP contribution in [0.15, 0.2) is 29.2 Å². The van der Waals surface area contributed by atoms with Crippen LogP contribution in [0.1, 0.15) is 31.2 Å². The van der Waals surface area contributed by atoms with E-state index in [1.165, 1.54) is 12.8 Å². The summed E-state index contributed by atoms with van der Waals surface area (Å²) in [7, 11) is -0.891. The monoisotopic (exact) mass is 251 g/mol. The number of hydrogen-bond acceptors (Lipinski definition) is 2. The minimum Gasteiger partial charge on any atom is -0.330 e. The molecule has 94 valence electrons. The number of hydrogen-bond donors (Lipinski definition) is 1. The molecular weight excluding hydrogens is 230 g/mol. The summed E-state index contributed by atoms with van der Waals surface area (Å²) in [5.41, 5.74) is 6.94. The van der Waals surface area contributed by atoms with Crippen molar-refractivity contribution in [3.8, 4) is 0 Å². The van der Waals surface area contributed by atoms with Crippen molar-refractivity contribution in [2.75, 3.05) is 6.54 Å². The van der Waals surface area contributed by atoms with Crippen molar-refractivity contribution in [1.82, 2.24) is 0 Å². The van der Waals surface area contributed by atoms with Crippen LogP contribution in [0.4, 0.5) is 0 Å². The number of rotatable bonds is 3. The lowest BCUT2D eigenvalue weighted by Crippen LogP contribution is -2.34. The van der Waals surface area contributed by atoms with Crippen LogP contribution in [0.2, 0.25) is 0 Å². The molecule has 2 nitrogen and oxygen atoms in total. The lowest BCUT2D eigenvalue weighted by Gasteiger charge is -2.30.